The van der Waals surface area contributed by atoms with Gasteiger partial charge in [0.15, 0.2) is 5.78 Å². The van der Waals surface area contributed by atoms with E-state index in [-0.39, 0.29) is 17.3 Å². The number of thiophene rings is 1. The van der Waals surface area contributed by atoms with Crippen LogP contribution in [0.5, 0.6) is 0 Å². The van der Waals surface area contributed by atoms with Gasteiger partial charge < -0.3 is 5.32 Å². The molecule has 0 unspecified atom stereocenters. The second-order valence-corrected chi connectivity index (χ2v) is 8.83. The fourth-order valence-corrected chi connectivity index (χ4v) is 5.31. The molecule has 1 aliphatic heterocycles. The fourth-order valence-electron chi connectivity index (χ4n) is 4.17. The summed E-state index contributed by atoms with van der Waals surface area (Å²) in [7, 11) is 0. The average molecular weight is 432 g/mol. The van der Waals surface area contributed by atoms with Crippen molar-refractivity contribution in [2.75, 3.05) is 5.32 Å². The van der Waals surface area contributed by atoms with Gasteiger partial charge in [-0.05, 0) is 35.6 Å². The number of carbonyl (C=O) groups is 1. The lowest BCUT2D eigenvalue weighted by Crippen LogP contribution is -2.31. The molecule has 2 aromatic heterocycles. The maximum atomic E-state index is 13.2. The van der Waals surface area contributed by atoms with Gasteiger partial charge in [0.1, 0.15) is 5.82 Å². The van der Waals surface area contributed by atoms with Crippen LogP contribution in [-0.2, 0) is 4.79 Å². The molecule has 142 valence electrons. The molecule has 1 aliphatic carbocycles. The first kappa shape index (κ1) is 17.8. The zero-order chi connectivity index (χ0) is 19.4. The van der Waals surface area contributed by atoms with E-state index in [0.29, 0.717) is 39.8 Å². The van der Waals surface area contributed by atoms with Crippen molar-refractivity contribution in [2.24, 2.45) is 0 Å². The number of Topliss-reactive ketones (excluding diaryl/α,β-unsaturated/α-hetero) is 1. The van der Waals surface area contributed by atoms with E-state index in [9.17, 15) is 9.59 Å². The van der Waals surface area contributed by atoms with Gasteiger partial charge in [-0.3, -0.25) is 19.8 Å². The molecule has 0 saturated heterocycles. The van der Waals surface area contributed by atoms with Crippen LogP contribution in [0.4, 0.5) is 5.82 Å². The Hall–Kier alpha value is -2.28. The van der Waals surface area contributed by atoms with E-state index in [1.54, 1.807) is 23.5 Å². The number of fused-ring (bicyclic) bond motifs is 1. The molecular weight excluding hydrogens is 417 g/mol. The van der Waals surface area contributed by atoms with Gasteiger partial charge in [0, 0.05) is 34.4 Å². The highest BCUT2D eigenvalue weighted by Gasteiger charge is 2.40. The number of anilines is 1. The number of nitrogens with one attached hydrogen (secondary N) is 3. The Labute approximate surface area is 174 Å². The fraction of sp³-hybridized carbons (Fsp3) is 0.200. The molecule has 0 fully saturated rings. The molecule has 2 atom stereocenters. The van der Waals surface area contributed by atoms with Crippen molar-refractivity contribution in [3.8, 4) is 0 Å². The molecule has 0 spiro atoms. The van der Waals surface area contributed by atoms with Crippen molar-refractivity contribution in [3.05, 3.63) is 83.4 Å². The van der Waals surface area contributed by atoms with Crippen LogP contribution in [0.1, 0.15) is 40.7 Å². The van der Waals surface area contributed by atoms with Gasteiger partial charge in [0.2, 0.25) is 0 Å². The molecular formula is C20H15Cl2N3O2S. The summed E-state index contributed by atoms with van der Waals surface area (Å²) >= 11 is 14.0. The van der Waals surface area contributed by atoms with Crippen molar-refractivity contribution in [1.82, 2.24) is 10.2 Å². The van der Waals surface area contributed by atoms with Crippen molar-refractivity contribution >= 4 is 46.1 Å². The quantitative estimate of drug-likeness (QED) is 0.532. The second-order valence-electron chi connectivity index (χ2n) is 7.04. The summed E-state index contributed by atoms with van der Waals surface area (Å²) in [6.45, 7) is 0. The number of carbonyl (C=O) groups excluding carboxylic acids is 1. The highest BCUT2D eigenvalue weighted by Crippen LogP contribution is 2.47. The summed E-state index contributed by atoms with van der Waals surface area (Å²) in [5, 5.41) is 11.7. The van der Waals surface area contributed by atoms with E-state index in [1.807, 2.05) is 17.5 Å². The van der Waals surface area contributed by atoms with Crippen LogP contribution in [0.25, 0.3) is 0 Å². The van der Waals surface area contributed by atoms with Crippen LogP contribution in [0, 0.1) is 0 Å². The van der Waals surface area contributed by atoms with Gasteiger partial charge in [-0.15, -0.1) is 11.3 Å². The smallest absolute Gasteiger partial charge is 0.270 e. The van der Waals surface area contributed by atoms with Crippen LogP contribution in [0.15, 0.2) is 51.8 Å². The van der Waals surface area contributed by atoms with E-state index >= 15 is 0 Å². The second kappa shape index (κ2) is 6.65. The van der Waals surface area contributed by atoms with Gasteiger partial charge in [-0.1, -0.05) is 35.3 Å². The number of allylic oxidation sites excluding steroid dienone is 2. The highest BCUT2D eigenvalue weighted by atomic mass is 35.5. The van der Waals surface area contributed by atoms with Crippen molar-refractivity contribution in [2.45, 2.75) is 24.7 Å². The van der Waals surface area contributed by atoms with Gasteiger partial charge >= 0.3 is 0 Å². The summed E-state index contributed by atoms with van der Waals surface area (Å²) in [4.78, 5) is 26.9. The molecule has 3 aromatic rings. The third kappa shape index (κ3) is 2.75. The third-order valence-electron chi connectivity index (χ3n) is 5.40. The average Bonchev–Trinajstić information content (AvgIpc) is 3.33. The third-order valence-corrected chi connectivity index (χ3v) is 7.17. The minimum absolute atomic E-state index is 0.0504. The number of halogens is 2. The maximum Gasteiger partial charge on any atom is 0.270 e. The molecule has 5 rings (SSSR count). The first-order valence-corrected chi connectivity index (χ1v) is 10.5. The number of aromatic nitrogens is 2. The number of hydrogen-bond acceptors (Lipinski definition) is 4. The van der Waals surface area contributed by atoms with Gasteiger partial charge in [0.05, 0.1) is 15.6 Å². The van der Waals surface area contributed by atoms with E-state index in [4.69, 9.17) is 23.2 Å². The van der Waals surface area contributed by atoms with E-state index in [0.717, 1.165) is 11.3 Å². The van der Waals surface area contributed by atoms with E-state index in [1.165, 1.54) is 4.88 Å². The van der Waals surface area contributed by atoms with Crippen molar-refractivity contribution < 1.29 is 4.79 Å². The van der Waals surface area contributed by atoms with Crippen molar-refractivity contribution in [1.29, 1.82) is 0 Å². The minimum atomic E-state index is -0.479. The molecule has 28 heavy (non-hydrogen) atoms. The lowest BCUT2D eigenvalue weighted by molar-refractivity contribution is -0.116. The number of rotatable bonds is 2. The summed E-state index contributed by atoms with van der Waals surface area (Å²) in [6, 6.07) is 9.33. The number of H-pyrrole nitrogens is 2. The first-order chi connectivity index (χ1) is 13.5. The summed E-state index contributed by atoms with van der Waals surface area (Å²) in [5.41, 5.74) is 2.52. The summed E-state index contributed by atoms with van der Waals surface area (Å²) in [5.74, 6) is 0.308. The van der Waals surface area contributed by atoms with Crippen LogP contribution >= 0.6 is 34.5 Å². The standard InChI is InChI=1S/C20H15Cl2N3O2S/c21-11-4-3-9(6-12(11)22)16-17-13(23-19-18(16)20(27)25-24-19)7-10(8-14(17)26)15-2-1-5-28-15/h1-6,10,16H,7-8H2,(H3,23,24,25,27)/t10-,16-/m0/s1. The Morgan fingerprint density at radius 3 is 2.64 bits per heavy atom. The Bertz CT molecular complexity index is 1180. The molecule has 0 radical (unpaired) electrons. The molecule has 0 amide bonds. The van der Waals surface area contributed by atoms with E-state index < -0.39 is 5.92 Å². The molecule has 0 saturated carbocycles. The number of hydrogen-bond donors (Lipinski definition) is 3. The maximum absolute atomic E-state index is 13.2. The van der Waals surface area contributed by atoms with E-state index in [2.05, 4.69) is 21.6 Å². The lowest BCUT2D eigenvalue weighted by atomic mass is 9.74. The molecule has 3 heterocycles. The monoisotopic (exact) mass is 431 g/mol. The number of ketones is 1. The Morgan fingerprint density at radius 2 is 1.89 bits per heavy atom. The summed E-state index contributed by atoms with van der Waals surface area (Å²) in [6.07, 6.45) is 1.14. The zero-order valence-electron chi connectivity index (χ0n) is 14.5. The van der Waals surface area contributed by atoms with Gasteiger partial charge in [-0.25, -0.2) is 0 Å². The van der Waals surface area contributed by atoms with Gasteiger partial charge in [-0.2, -0.15) is 0 Å². The summed E-state index contributed by atoms with van der Waals surface area (Å²) < 4.78 is 0. The van der Waals surface area contributed by atoms with Crippen molar-refractivity contribution in [3.63, 3.8) is 0 Å². The molecule has 0 bridgehead atoms. The molecule has 2 aliphatic rings. The van der Waals surface area contributed by atoms with Gasteiger partial charge in [0.25, 0.3) is 5.56 Å². The molecule has 1 aromatic carbocycles. The predicted molar refractivity (Wildman–Crippen MR) is 112 cm³/mol. The first-order valence-electron chi connectivity index (χ1n) is 8.85. The van der Waals surface area contributed by atoms with Crippen LogP contribution < -0.4 is 10.9 Å². The van der Waals surface area contributed by atoms with Crippen LogP contribution in [0.2, 0.25) is 10.0 Å². The highest BCUT2D eigenvalue weighted by molar-refractivity contribution is 7.10. The Balaban J connectivity index is 1.67. The predicted octanol–water partition coefficient (Wildman–Crippen LogP) is 5.03. The largest absolute Gasteiger partial charge is 0.343 e. The van der Waals surface area contributed by atoms with Crippen LogP contribution in [-0.4, -0.2) is 16.0 Å². The molecule has 5 nitrogen and oxygen atoms in total. The normalized spacial score (nSPS) is 21.3. The zero-order valence-corrected chi connectivity index (χ0v) is 16.8. The minimum Gasteiger partial charge on any atom is -0.343 e. The Morgan fingerprint density at radius 1 is 1.04 bits per heavy atom. The lowest BCUT2D eigenvalue weighted by Gasteiger charge is -2.34. The number of aromatic amines is 2. The number of benzene rings is 1. The molecule has 3 N–H and O–H groups in total. The topological polar surface area (TPSA) is 77.8 Å². The van der Waals surface area contributed by atoms with Crippen LogP contribution in [0.3, 0.4) is 0 Å². The Kier molecular flexibility index (Phi) is 4.23. The SMILES string of the molecule is O=C1C[C@@H](c2cccs2)CC2=C1[C@H](c1ccc(Cl)c(Cl)c1)c1c([nH][nH]c1=O)N2. The molecule has 8 heteroatoms.